The maximum absolute atomic E-state index is 15.5. The zero-order chi connectivity index (χ0) is 61.5. The molecular formula is C59H67FN10O15. The minimum absolute atomic E-state index is 0.00307. The van der Waals surface area contributed by atoms with Crippen molar-refractivity contribution in [2.75, 3.05) is 32.7 Å². The number of rotatable bonds is 26. The number of ether oxygens (including phenoxy) is 1. The van der Waals surface area contributed by atoms with Gasteiger partial charge in [0.25, 0.3) is 17.4 Å². The van der Waals surface area contributed by atoms with Gasteiger partial charge in [-0.3, -0.25) is 57.6 Å². The number of hydrogen-bond acceptors (Lipinski definition) is 15. The molecule has 1 aliphatic carbocycles. The minimum Gasteiger partial charge on any atom is -0.481 e. The van der Waals surface area contributed by atoms with E-state index >= 15 is 4.39 Å². The van der Waals surface area contributed by atoms with Crippen molar-refractivity contribution in [3.05, 3.63) is 110 Å². The molecule has 3 aliphatic heterocycles. The molecule has 0 bridgehead atoms. The number of unbranched alkanes of at least 4 members (excludes halogenated alkanes) is 2. The first kappa shape index (κ1) is 61.9. The summed E-state index contributed by atoms with van der Waals surface area (Å²) in [6, 6.07) is 8.12. The van der Waals surface area contributed by atoms with Crippen LogP contribution in [0.25, 0.3) is 22.3 Å². The van der Waals surface area contributed by atoms with Gasteiger partial charge in [0.1, 0.15) is 24.5 Å². The van der Waals surface area contributed by atoms with Crippen molar-refractivity contribution in [3.8, 4) is 11.4 Å². The zero-order valence-corrected chi connectivity index (χ0v) is 47.4. The van der Waals surface area contributed by atoms with E-state index in [2.05, 4.69) is 37.2 Å². The van der Waals surface area contributed by atoms with Gasteiger partial charge in [0.05, 0.1) is 61.1 Å². The van der Waals surface area contributed by atoms with Crippen LogP contribution >= 0.6 is 0 Å². The highest BCUT2D eigenvalue weighted by atomic mass is 19.1. The number of carbonyl (C=O) groups excluding carboxylic acids is 10. The first-order chi connectivity index (χ1) is 40.4. The van der Waals surface area contributed by atoms with Gasteiger partial charge in [0.2, 0.25) is 41.4 Å². The van der Waals surface area contributed by atoms with Crippen molar-refractivity contribution < 1.29 is 72.1 Å². The average Bonchev–Trinajstić information content (AvgIpc) is 1.67. The lowest BCUT2D eigenvalue weighted by atomic mass is 9.80. The second-order valence-corrected chi connectivity index (χ2v) is 22.1. The van der Waals surface area contributed by atoms with Gasteiger partial charge >= 0.3 is 11.9 Å². The van der Waals surface area contributed by atoms with Crippen LogP contribution in [0.3, 0.4) is 0 Å². The molecule has 8 rings (SSSR count). The van der Waals surface area contributed by atoms with Crippen molar-refractivity contribution in [1.29, 1.82) is 0 Å². The summed E-state index contributed by atoms with van der Waals surface area (Å²) in [5.74, 6) is -8.64. The Hall–Kier alpha value is -9.20. The number of nitrogens with one attached hydrogen (secondary N) is 7. The standard InChI is InChI=1S/C59H67FN10O15/c1-5-59(84)36-23-42-52-34(29-70(42)55(81)35(36)30-85-57(59)83)51-38(16-15-33-31(2)37(60)24-39(67-52)50(33)51)68-56(82)58(3,4)19-20-61-44(72)26-63-53(79)40(22-32-12-8-6-9-13-32)66-46(74)28-62-45(73)27-64-54(80)41(25-49(77)78)65-43(71)14-10-7-11-21-69-47(75)17-18-48(69)76/h6,8-9,12-13,17-18,23-24,38,40-41,84H,5,7,10-11,14-16,19-22,25-30H2,1-4H3,(H,61,72)(H,62,73)(H,63,79)(H,64,80)(H,65,71)(H,66,74)(H,68,82)(H,77,78)/t38-,40-,41-,59-/m0/s1. The summed E-state index contributed by atoms with van der Waals surface area (Å²) in [5.41, 5.74) is 0.752. The third-order valence-electron chi connectivity index (χ3n) is 15.8. The van der Waals surface area contributed by atoms with Gasteiger partial charge in [-0.2, -0.15) is 0 Å². The summed E-state index contributed by atoms with van der Waals surface area (Å²) < 4.78 is 22.2. The molecule has 25 nitrogen and oxygen atoms in total. The second kappa shape index (κ2) is 26.2. The number of halogens is 1. The van der Waals surface area contributed by atoms with Gasteiger partial charge in [0.15, 0.2) is 5.60 Å². The predicted molar refractivity (Wildman–Crippen MR) is 299 cm³/mol. The molecule has 450 valence electrons. The number of hydrogen-bond donors (Lipinski definition) is 9. The Kier molecular flexibility index (Phi) is 19.0. The number of cyclic esters (lactones) is 1. The number of benzene rings is 2. The number of pyridine rings is 2. The van der Waals surface area contributed by atoms with Gasteiger partial charge in [0, 0.05) is 66.1 Å². The van der Waals surface area contributed by atoms with E-state index in [9.17, 15) is 67.7 Å². The highest BCUT2D eigenvalue weighted by molar-refractivity contribution is 6.12. The third kappa shape index (κ3) is 13.9. The molecule has 9 N–H and O–H groups in total. The zero-order valence-electron chi connectivity index (χ0n) is 47.4. The number of carboxylic acid groups (broad SMARTS) is 1. The minimum atomic E-state index is -2.06. The van der Waals surface area contributed by atoms with E-state index in [0.29, 0.717) is 76.6 Å². The Morgan fingerprint density at radius 3 is 2.16 bits per heavy atom. The van der Waals surface area contributed by atoms with Gasteiger partial charge in [-0.15, -0.1) is 0 Å². The summed E-state index contributed by atoms with van der Waals surface area (Å²) in [7, 11) is 0. The molecule has 0 saturated carbocycles. The van der Waals surface area contributed by atoms with Crippen molar-refractivity contribution in [2.45, 2.75) is 129 Å². The van der Waals surface area contributed by atoms with E-state index < -0.39 is 126 Å². The Balaban J connectivity index is 0.819. The SMILES string of the molecule is CC[C@@]1(O)C(=O)OCc2c1cc1n(c2=O)Cc2c-1nc1cc(F)c(C)c3c1c2[C@@H](NC(=O)C(C)(C)CCNC(=O)CNC(=O)[C@H](Cc1ccccc1)NC(=O)CNC(=O)CNC(=O)[C@H](CC(=O)O)NC(=O)CCCCCN1C(=O)C=CC1=O)CC3. The number of imide groups is 1. The van der Waals surface area contributed by atoms with Crippen LogP contribution in [-0.2, 0) is 89.1 Å². The van der Waals surface area contributed by atoms with Crippen LogP contribution in [0.4, 0.5) is 4.39 Å². The lowest BCUT2D eigenvalue weighted by molar-refractivity contribution is -0.172. The Morgan fingerprint density at radius 2 is 1.48 bits per heavy atom. The van der Waals surface area contributed by atoms with Crippen molar-refractivity contribution in [1.82, 2.24) is 51.7 Å². The Bertz CT molecular complexity index is 3490. The first-order valence-corrected chi connectivity index (χ1v) is 28.0. The average molecular weight is 1180 g/mol. The molecule has 0 fully saturated rings. The van der Waals surface area contributed by atoms with Crippen molar-refractivity contribution >= 4 is 76.0 Å². The number of aryl methyl sites for hydroxylation is 1. The molecule has 85 heavy (non-hydrogen) atoms. The molecule has 4 aromatic rings. The molecular weight excluding hydrogens is 1110 g/mol. The van der Waals surface area contributed by atoms with E-state index in [1.165, 1.54) is 10.6 Å². The molecule has 0 spiro atoms. The van der Waals surface area contributed by atoms with Crippen LogP contribution in [0.2, 0.25) is 0 Å². The highest BCUT2D eigenvalue weighted by Gasteiger charge is 2.46. The van der Waals surface area contributed by atoms with E-state index in [1.54, 1.807) is 64.1 Å². The molecule has 26 heteroatoms. The normalized spacial score (nSPS) is 17.2. The molecule has 0 radical (unpaired) electrons. The lowest BCUT2D eigenvalue weighted by Gasteiger charge is -2.33. The molecule has 5 heterocycles. The van der Waals surface area contributed by atoms with Crippen molar-refractivity contribution in [3.63, 3.8) is 0 Å². The molecule has 4 aliphatic rings. The molecule has 2 aromatic heterocycles. The molecule has 0 unspecified atom stereocenters. The fourth-order valence-electron chi connectivity index (χ4n) is 10.9. The van der Waals surface area contributed by atoms with Crippen molar-refractivity contribution in [2.24, 2.45) is 5.41 Å². The smallest absolute Gasteiger partial charge is 0.343 e. The quantitative estimate of drug-likeness (QED) is 0.0209. The third-order valence-corrected chi connectivity index (χ3v) is 15.8. The van der Waals surface area contributed by atoms with E-state index in [-0.39, 0.29) is 69.0 Å². The summed E-state index contributed by atoms with van der Waals surface area (Å²) in [6.07, 6.45) is 3.45. The van der Waals surface area contributed by atoms with Gasteiger partial charge in [-0.25, -0.2) is 14.2 Å². The van der Waals surface area contributed by atoms with Crippen LogP contribution in [-0.4, -0.2) is 135 Å². The van der Waals surface area contributed by atoms with E-state index in [0.717, 1.165) is 22.6 Å². The van der Waals surface area contributed by atoms with Crippen LogP contribution in [0.1, 0.15) is 117 Å². The van der Waals surface area contributed by atoms with E-state index in [1.807, 2.05) is 0 Å². The predicted octanol–water partition coefficient (Wildman–Crippen LogP) is 0.684. The fraction of sp³-hybridized carbons (Fsp3) is 0.441. The van der Waals surface area contributed by atoms with Gasteiger partial charge < -0.3 is 56.7 Å². The fourth-order valence-corrected chi connectivity index (χ4v) is 10.9. The number of aromatic nitrogens is 2. The number of amides is 9. The topological polar surface area (TPSA) is 360 Å². The highest BCUT2D eigenvalue weighted by Crippen LogP contribution is 2.46. The molecule has 9 amide bonds. The Labute approximate surface area is 486 Å². The van der Waals surface area contributed by atoms with Crippen LogP contribution < -0.4 is 42.8 Å². The first-order valence-electron chi connectivity index (χ1n) is 28.0. The van der Waals surface area contributed by atoms with Gasteiger partial charge in [-0.1, -0.05) is 57.5 Å². The number of carbonyl (C=O) groups is 11. The van der Waals surface area contributed by atoms with Gasteiger partial charge in [-0.05, 0) is 73.8 Å². The number of aliphatic hydroxyl groups is 1. The monoisotopic (exact) mass is 1170 g/mol. The maximum Gasteiger partial charge on any atom is 0.343 e. The summed E-state index contributed by atoms with van der Waals surface area (Å²) in [6.45, 7) is 4.68. The lowest BCUT2D eigenvalue weighted by Crippen LogP contribution is -2.53. The van der Waals surface area contributed by atoms with E-state index in [4.69, 9.17) is 9.72 Å². The number of esters is 1. The molecule has 0 saturated heterocycles. The summed E-state index contributed by atoms with van der Waals surface area (Å²) in [4.78, 5) is 160. The molecule has 2 aromatic carbocycles. The maximum atomic E-state index is 15.5. The second-order valence-electron chi connectivity index (χ2n) is 22.1. The summed E-state index contributed by atoms with van der Waals surface area (Å²) in [5, 5.41) is 39.3. The largest absolute Gasteiger partial charge is 0.481 e. The summed E-state index contributed by atoms with van der Waals surface area (Å²) >= 11 is 0. The number of fused-ring (bicyclic) bond motifs is 5. The number of carboxylic acids is 1. The van der Waals surface area contributed by atoms with Crippen LogP contribution in [0, 0.1) is 18.2 Å². The van der Waals surface area contributed by atoms with Crippen LogP contribution in [0.15, 0.2) is 59.4 Å². The van der Waals surface area contributed by atoms with Crippen LogP contribution in [0.5, 0.6) is 0 Å². The number of aliphatic carboxylic acids is 1. The number of nitrogens with zero attached hydrogens (tertiary/aromatic N) is 3. The Morgan fingerprint density at radius 1 is 0.824 bits per heavy atom. The molecule has 4 atom stereocenters.